The highest BCUT2D eigenvalue weighted by molar-refractivity contribution is 5.40. The Morgan fingerprint density at radius 3 is 2.85 bits per heavy atom. The van der Waals surface area contributed by atoms with Crippen molar-refractivity contribution in [1.82, 2.24) is 0 Å². The minimum atomic E-state index is -0.0883. The molecular weight excluding hydrogens is 248 g/mol. The lowest BCUT2D eigenvalue weighted by molar-refractivity contribution is -0.0226. The van der Waals surface area contributed by atoms with Crippen molar-refractivity contribution < 1.29 is 10.2 Å². The van der Waals surface area contributed by atoms with Crippen LogP contribution in [0, 0.1) is 17.3 Å². The molecule has 2 nitrogen and oxygen atoms in total. The minimum absolute atomic E-state index is 0.0883. The molecular formula is C18H24O2. The Hall–Kier alpha value is -1.02. The smallest absolute Gasteiger partial charge is 0.115 e. The molecule has 0 radical (unpaired) electrons. The Kier molecular flexibility index (Phi) is 2.69. The molecule has 5 atom stereocenters. The van der Waals surface area contributed by atoms with E-state index in [4.69, 9.17) is 0 Å². The quantitative estimate of drug-likeness (QED) is 0.757. The summed E-state index contributed by atoms with van der Waals surface area (Å²) in [5, 5.41) is 20.0. The summed E-state index contributed by atoms with van der Waals surface area (Å²) in [6.45, 7) is 2.32. The number of aliphatic hydroxyl groups is 1. The van der Waals surface area contributed by atoms with Gasteiger partial charge in [0.1, 0.15) is 5.75 Å². The number of rotatable bonds is 0. The van der Waals surface area contributed by atoms with Crippen LogP contribution in [0.15, 0.2) is 18.2 Å². The number of benzene rings is 1. The van der Waals surface area contributed by atoms with Gasteiger partial charge in [-0.15, -0.1) is 0 Å². The van der Waals surface area contributed by atoms with Crippen LogP contribution < -0.4 is 0 Å². The number of phenolic OH excluding ortho intramolecular Hbond substituents is 1. The van der Waals surface area contributed by atoms with E-state index in [0.717, 1.165) is 25.2 Å². The Morgan fingerprint density at radius 1 is 1.15 bits per heavy atom. The molecule has 0 unspecified atom stereocenters. The first kappa shape index (κ1) is 12.7. The average Bonchev–Trinajstić information content (AvgIpc) is 2.74. The van der Waals surface area contributed by atoms with Gasteiger partial charge in [0.2, 0.25) is 0 Å². The molecule has 0 spiro atoms. The molecule has 2 heteroatoms. The molecule has 0 heterocycles. The number of aromatic hydroxyl groups is 1. The average molecular weight is 272 g/mol. The molecule has 4 rings (SSSR count). The van der Waals surface area contributed by atoms with Crippen molar-refractivity contribution in [1.29, 1.82) is 0 Å². The number of phenols is 1. The Bertz CT molecular complexity index is 538. The molecule has 0 bridgehead atoms. The molecule has 0 amide bonds. The van der Waals surface area contributed by atoms with Crippen LogP contribution in [-0.4, -0.2) is 16.3 Å². The molecule has 108 valence electrons. The Labute approximate surface area is 120 Å². The van der Waals surface area contributed by atoms with Gasteiger partial charge in [-0.05, 0) is 85.0 Å². The molecule has 20 heavy (non-hydrogen) atoms. The number of hydrogen-bond donors (Lipinski definition) is 2. The van der Waals surface area contributed by atoms with E-state index < -0.39 is 0 Å². The van der Waals surface area contributed by atoms with Crippen LogP contribution in [0.2, 0.25) is 0 Å². The second-order valence-corrected chi connectivity index (χ2v) is 7.44. The molecule has 0 aliphatic heterocycles. The summed E-state index contributed by atoms with van der Waals surface area (Å²) in [5.41, 5.74) is 2.99. The summed E-state index contributed by atoms with van der Waals surface area (Å²) >= 11 is 0. The van der Waals surface area contributed by atoms with Crippen LogP contribution in [0.25, 0.3) is 0 Å². The zero-order valence-corrected chi connectivity index (χ0v) is 12.2. The lowest BCUT2D eigenvalue weighted by Crippen LogP contribution is -2.43. The number of aliphatic hydroxyl groups excluding tert-OH is 1. The highest BCUT2D eigenvalue weighted by Gasteiger charge is 2.54. The minimum Gasteiger partial charge on any atom is -0.508 e. The maximum atomic E-state index is 10.4. The summed E-state index contributed by atoms with van der Waals surface area (Å²) < 4.78 is 0. The lowest BCUT2D eigenvalue weighted by atomic mass is 9.55. The number of hydrogen-bond acceptors (Lipinski definition) is 2. The van der Waals surface area contributed by atoms with Crippen LogP contribution in [0.3, 0.4) is 0 Å². The fourth-order valence-corrected chi connectivity index (χ4v) is 5.54. The maximum absolute atomic E-state index is 10.4. The third-order valence-electron chi connectivity index (χ3n) is 6.66. The SMILES string of the molecule is C[C@]12CC[C@@H]3c4ccc(O)cc4CC[C@@H]3[C@H]1CC[C@H]2O. The fraction of sp³-hybridized carbons (Fsp3) is 0.667. The molecule has 3 aliphatic rings. The van der Waals surface area contributed by atoms with E-state index in [1.54, 1.807) is 0 Å². The van der Waals surface area contributed by atoms with E-state index in [0.29, 0.717) is 17.6 Å². The molecule has 1 aromatic carbocycles. The van der Waals surface area contributed by atoms with Crippen LogP contribution in [0.4, 0.5) is 0 Å². The van der Waals surface area contributed by atoms with Crippen molar-refractivity contribution in [2.24, 2.45) is 17.3 Å². The van der Waals surface area contributed by atoms with E-state index in [1.165, 1.54) is 30.4 Å². The zero-order valence-electron chi connectivity index (χ0n) is 12.2. The lowest BCUT2D eigenvalue weighted by Gasteiger charge is -2.50. The van der Waals surface area contributed by atoms with Gasteiger partial charge in [-0.2, -0.15) is 0 Å². The van der Waals surface area contributed by atoms with Crippen LogP contribution in [0.5, 0.6) is 5.75 Å². The predicted octanol–water partition coefficient (Wildman–Crippen LogP) is 3.61. The first-order valence-corrected chi connectivity index (χ1v) is 8.09. The Balaban J connectivity index is 1.71. The van der Waals surface area contributed by atoms with Gasteiger partial charge in [0.25, 0.3) is 0 Å². The van der Waals surface area contributed by atoms with Gasteiger partial charge in [0, 0.05) is 0 Å². The van der Waals surface area contributed by atoms with Crippen molar-refractivity contribution in [3.05, 3.63) is 29.3 Å². The van der Waals surface area contributed by atoms with Crippen molar-refractivity contribution in [2.75, 3.05) is 0 Å². The molecule has 2 fully saturated rings. The highest BCUT2D eigenvalue weighted by atomic mass is 16.3. The van der Waals surface area contributed by atoms with Gasteiger partial charge in [-0.3, -0.25) is 0 Å². The van der Waals surface area contributed by atoms with Crippen LogP contribution in [-0.2, 0) is 6.42 Å². The van der Waals surface area contributed by atoms with Gasteiger partial charge in [0.15, 0.2) is 0 Å². The van der Waals surface area contributed by atoms with Crippen molar-refractivity contribution in [2.45, 2.75) is 57.5 Å². The van der Waals surface area contributed by atoms with E-state index in [9.17, 15) is 10.2 Å². The standard InChI is InChI=1S/C18H24O2/c1-18-9-8-14-13-5-3-12(19)10-11(13)2-4-15(14)16(18)6-7-17(18)20/h3,5,10,14-17,19-20H,2,4,6-9H2,1H3/t14-,15+,16-,17-,18+/m1/s1. The predicted molar refractivity (Wildman–Crippen MR) is 78.7 cm³/mol. The zero-order chi connectivity index (χ0) is 13.9. The summed E-state index contributed by atoms with van der Waals surface area (Å²) in [7, 11) is 0. The summed E-state index contributed by atoms with van der Waals surface area (Å²) in [6.07, 6.45) is 6.78. The monoisotopic (exact) mass is 272 g/mol. The van der Waals surface area contributed by atoms with Crippen molar-refractivity contribution >= 4 is 0 Å². The summed E-state index contributed by atoms with van der Waals surface area (Å²) in [5.74, 6) is 2.49. The van der Waals surface area contributed by atoms with Crippen LogP contribution >= 0.6 is 0 Å². The molecule has 2 saturated carbocycles. The molecule has 0 saturated heterocycles. The van der Waals surface area contributed by atoms with Gasteiger partial charge >= 0.3 is 0 Å². The van der Waals surface area contributed by atoms with Gasteiger partial charge < -0.3 is 10.2 Å². The van der Waals surface area contributed by atoms with Gasteiger partial charge in [-0.25, -0.2) is 0 Å². The fourth-order valence-electron chi connectivity index (χ4n) is 5.54. The largest absolute Gasteiger partial charge is 0.508 e. The molecule has 1 aromatic rings. The Morgan fingerprint density at radius 2 is 2.00 bits per heavy atom. The highest BCUT2D eigenvalue weighted by Crippen LogP contribution is 2.60. The maximum Gasteiger partial charge on any atom is 0.115 e. The van der Waals surface area contributed by atoms with E-state index in [2.05, 4.69) is 13.0 Å². The third kappa shape index (κ3) is 1.60. The van der Waals surface area contributed by atoms with E-state index in [-0.39, 0.29) is 11.5 Å². The van der Waals surface area contributed by atoms with Crippen molar-refractivity contribution in [3.8, 4) is 5.75 Å². The van der Waals surface area contributed by atoms with E-state index in [1.807, 2.05) is 12.1 Å². The summed E-state index contributed by atoms with van der Waals surface area (Å²) in [4.78, 5) is 0. The molecule has 2 N–H and O–H groups in total. The third-order valence-corrected chi connectivity index (χ3v) is 6.66. The van der Waals surface area contributed by atoms with Crippen molar-refractivity contribution in [3.63, 3.8) is 0 Å². The van der Waals surface area contributed by atoms with Gasteiger partial charge in [0.05, 0.1) is 6.10 Å². The second-order valence-electron chi connectivity index (χ2n) is 7.44. The number of fused-ring (bicyclic) bond motifs is 5. The van der Waals surface area contributed by atoms with E-state index >= 15 is 0 Å². The van der Waals surface area contributed by atoms with Crippen LogP contribution in [0.1, 0.15) is 56.1 Å². The molecule has 0 aromatic heterocycles. The first-order chi connectivity index (χ1) is 9.59. The second kappa shape index (κ2) is 4.24. The topological polar surface area (TPSA) is 40.5 Å². The first-order valence-electron chi connectivity index (χ1n) is 8.09. The summed E-state index contributed by atoms with van der Waals surface area (Å²) in [6, 6.07) is 5.96. The normalized spacial score (nSPS) is 42.7. The molecule has 3 aliphatic carbocycles. The van der Waals surface area contributed by atoms with Gasteiger partial charge in [-0.1, -0.05) is 13.0 Å². The number of aryl methyl sites for hydroxylation is 1.